The van der Waals surface area contributed by atoms with Crippen molar-refractivity contribution in [1.29, 1.82) is 5.41 Å². The number of hydrogen-bond donors (Lipinski definition) is 2. The molecule has 1 aromatic rings. The highest BCUT2D eigenvalue weighted by Gasteiger charge is 2.19. The van der Waals surface area contributed by atoms with Gasteiger partial charge in [-0.15, -0.1) is 0 Å². The van der Waals surface area contributed by atoms with E-state index < -0.39 is 40.3 Å². The van der Waals surface area contributed by atoms with Crippen molar-refractivity contribution < 1.29 is 27.8 Å². The third-order valence-electron chi connectivity index (χ3n) is 2.07. The first-order valence-electron chi connectivity index (χ1n) is 4.59. The zero-order valence-corrected chi connectivity index (χ0v) is 9.13. The minimum absolute atomic E-state index is 0.222. The predicted molar refractivity (Wildman–Crippen MR) is 56.7 cm³/mol. The second kappa shape index (κ2) is 5.35. The number of esters is 1. The Morgan fingerprint density at radius 1 is 1.28 bits per heavy atom. The standard InChI is InChI=1S/C11H8F3NO3/c1-18-11(17)6(4-15)10(16)5-2-8(13)9(14)3-7(5)12/h2-4,15-16H,1H3. The molecule has 0 saturated carbocycles. The third kappa shape index (κ3) is 2.50. The number of ether oxygens (including phenoxy) is 1. The number of nitrogens with one attached hydrogen (secondary N) is 1. The monoisotopic (exact) mass is 259 g/mol. The van der Waals surface area contributed by atoms with Crippen molar-refractivity contribution in [2.24, 2.45) is 0 Å². The average Bonchev–Trinajstić information content (AvgIpc) is 2.34. The Bertz CT molecular complexity index is 541. The van der Waals surface area contributed by atoms with Crippen LogP contribution >= 0.6 is 0 Å². The zero-order chi connectivity index (χ0) is 13.9. The highest BCUT2D eigenvalue weighted by molar-refractivity contribution is 6.14. The first-order chi connectivity index (χ1) is 8.42. The van der Waals surface area contributed by atoms with Crippen LogP contribution in [-0.2, 0) is 9.53 Å². The van der Waals surface area contributed by atoms with Gasteiger partial charge in [0.15, 0.2) is 11.6 Å². The average molecular weight is 259 g/mol. The summed E-state index contributed by atoms with van der Waals surface area (Å²) in [5.74, 6) is -6.21. The number of rotatable bonds is 3. The molecule has 0 saturated heterocycles. The van der Waals surface area contributed by atoms with Gasteiger partial charge in [-0.25, -0.2) is 18.0 Å². The number of hydrogen-bond acceptors (Lipinski definition) is 4. The van der Waals surface area contributed by atoms with Crippen LogP contribution in [0.5, 0.6) is 0 Å². The molecule has 1 rings (SSSR count). The molecule has 0 aliphatic rings. The van der Waals surface area contributed by atoms with E-state index in [1.165, 1.54) is 0 Å². The molecule has 0 unspecified atom stereocenters. The lowest BCUT2D eigenvalue weighted by molar-refractivity contribution is -0.135. The van der Waals surface area contributed by atoms with Gasteiger partial charge in [-0.2, -0.15) is 0 Å². The molecule has 96 valence electrons. The van der Waals surface area contributed by atoms with E-state index in [-0.39, 0.29) is 6.07 Å². The van der Waals surface area contributed by atoms with Gasteiger partial charge in [0.05, 0.1) is 12.7 Å². The molecule has 0 aliphatic heterocycles. The molecule has 1 aromatic carbocycles. The van der Waals surface area contributed by atoms with Gasteiger partial charge in [0, 0.05) is 12.3 Å². The fourth-order valence-corrected chi connectivity index (χ4v) is 1.18. The zero-order valence-electron chi connectivity index (χ0n) is 9.13. The summed E-state index contributed by atoms with van der Waals surface area (Å²) in [5.41, 5.74) is -1.42. The summed E-state index contributed by atoms with van der Waals surface area (Å²) < 4.78 is 43.2. The molecule has 0 radical (unpaired) electrons. The Kier molecular flexibility index (Phi) is 4.09. The lowest BCUT2D eigenvalue weighted by Crippen LogP contribution is -2.09. The van der Waals surface area contributed by atoms with Gasteiger partial charge in [-0.3, -0.25) is 0 Å². The van der Waals surface area contributed by atoms with E-state index in [0.717, 1.165) is 7.11 Å². The normalized spacial score (nSPS) is 11.8. The van der Waals surface area contributed by atoms with Gasteiger partial charge in [0.1, 0.15) is 17.1 Å². The van der Waals surface area contributed by atoms with E-state index in [4.69, 9.17) is 5.41 Å². The highest BCUT2D eigenvalue weighted by atomic mass is 19.2. The summed E-state index contributed by atoms with van der Waals surface area (Å²) >= 11 is 0. The van der Waals surface area contributed by atoms with E-state index in [0.29, 0.717) is 12.3 Å². The fourth-order valence-electron chi connectivity index (χ4n) is 1.18. The number of methoxy groups -OCH3 is 1. The van der Waals surface area contributed by atoms with Crippen LogP contribution in [0.3, 0.4) is 0 Å². The lowest BCUT2D eigenvalue weighted by atomic mass is 10.1. The van der Waals surface area contributed by atoms with Crippen LogP contribution in [0.1, 0.15) is 5.56 Å². The van der Waals surface area contributed by atoms with Crippen molar-refractivity contribution >= 4 is 17.9 Å². The summed E-state index contributed by atoms with van der Waals surface area (Å²) in [6.45, 7) is 0. The van der Waals surface area contributed by atoms with E-state index in [1.54, 1.807) is 0 Å². The van der Waals surface area contributed by atoms with Gasteiger partial charge in [-0.1, -0.05) is 0 Å². The quantitative estimate of drug-likeness (QED) is 0.287. The van der Waals surface area contributed by atoms with E-state index in [9.17, 15) is 23.1 Å². The minimum atomic E-state index is -1.43. The van der Waals surface area contributed by atoms with Gasteiger partial charge in [0.2, 0.25) is 0 Å². The molecule has 0 heterocycles. The molecule has 0 aliphatic carbocycles. The Morgan fingerprint density at radius 2 is 1.83 bits per heavy atom. The first-order valence-corrected chi connectivity index (χ1v) is 4.59. The van der Waals surface area contributed by atoms with Crippen LogP contribution in [0.25, 0.3) is 5.76 Å². The molecular formula is C11H8F3NO3. The summed E-state index contributed by atoms with van der Waals surface area (Å²) in [7, 11) is 0.987. The molecule has 4 nitrogen and oxygen atoms in total. The number of aliphatic hydroxyl groups excluding tert-OH is 1. The lowest BCUT2D eigenvalue weighted by Gasteiger charge is -2.06. The fraction of sp³-hybridized carbons (Fsp3) is 0.0909. The topological polar surface area (TPSA) is 70.4 Å². The van der Waals surface area contributed by atoms with Crippen molar-refractivity contribution in [3.05, 3.63) is 40.7 Å². The van der Waals surface area contributed by atoms with Crippen LogP contribution in [0.2, 0.25) is 0 Å². The molecule has 0 spiro atoms. The number of carbonyl (C=O) groups is 1. The highest BCUT2D eigenvalue weighted by Crippen LogP contribution is 2.22. The molecule has 2 N–H and O–H groups in total. The van der Waals surface area contributed by atoms with E-state index in [1.807, 2.05) is 0 Å². The van der Waals surface area contributed by atoms with Crippen molar-refractivity contribution in [2.75, 3.05) is 7.11 Å². The van der Waals surface area contributed by atoms with Crippen LogP contribution in [0.15, 0.2) is 17.7 Å². The first kappa shape index (κ1) is 13.8. The molecule has 0 fully saturated rings. The molecule has 0 bridgehead atoms. The molecule has 0 atom stereocenters. The summed E-state index contributed by atoms with van der Waals surface area (Å²) in [4.78, 5) is 11.1. The van der Waals surface area contributed by atoms with Crippen molar-refractivity contribution in [3.8, 4) is 0 Å². The molecule has 18 heavy (non-hydrogen) atoms. The third-order valence-corrected chi connectivity index (χ3v) is 2.07. The SMILES string of the molecule is COC(=O)C(C=N)=C(O)c1cc(F)c(F)cc1F. The maximum absolute atomic E-state index is 13.3. The van der Waals surface area contributed by atoms with E-state index in [2.05, 4.69) is 4.74 Å². The van der Waals surface area contributed by atoms with Gasteiger partial charge >= 0.3 is 5.97 Å². The minimum Gasteiger partial charge on any atom is -0.506 e. The van der Waals surface area contributed by atoms with Crippen molar-refractivity contribution in [1.82, 2.24) is 0 Å². The predicted octanol–water partition coefficient (Wildman–Crippen LogP) is 2.20. The smallest absolute Gasteiger partial charge is 0.343 e. The van der Waals surface area contributed by atoms with Crippen molar-refractivity contribution in [2.45, 2.75) is 0 Å². The Morgan fingerprint density at radius 3 is 2.33 bits per heavy atom. The summed E-state index contributed by atoms with van der Waals surface area (Å²) in [5, 5.41) is 16.5. The number of benzene rings is 1. The van der Waals surface area contributed by atoms with Crippen LogP contribution < -0.4 is 0 Å². The second-order valence-electron chi connectivity index (χ2n) is 3.14. The Hall–Kier alpha value is -2.31. The van der Waals surface area contributed by atoms with E-state index >= 15 is 0 Å². The Balaban J connectivity index is 3.45. The molecular weight excluding hydrogens is 251 g/mol. The Labute approximate surface area is 99.8 Å². The van der Waals surface area contributed by atoms with Gasteiger partial charge in [-0.05, 0) is 6.07 Å². The van der Waals surface area contributed by atoms with Crippen molar-refractivity contribution in [3.63, 3.8) is 0 Å². The van der Waals surface area contributed by atoms with Crippen LogP contribution in [0, 0.1) is 22.9 Å². The maximum Gasteiger partial charge on any atom is 0.343 e. The van der Waals surface area contributed by atoms with Crippen LogP contribution in [-0.4, -0.2) is 24.4 Å². The summed E-state index contributed by atoms with van der Waals surface area (Å²) in [6, 6.07) is 0.603. The van der Waals surface area contributed by atoms with Gasteiger partial charge < -0.3 is 15.3 Å². The second-order valence-corrected chi connectivity index (χ2v) is 3.14. The molecule has 0 amide bonds. The molecule has 0 aromatic heterocycles. The summed E-state index contributed by atoms with van der Waals surface area (Å²) in [6.07, 6.45) is 0.419. The van der Waals surface area contributed by atoms with Gasteiger partial charge in [0.25, 0.3) is 0 Å². The molecule has 7 heteroatoms. The largest absolute Gasteiger partial charge is 0.506 e. The maximum atomic E-state index is 13.3. The number of carbonyl (C=O) groups excluding carboxylic acids is 1. The number of aliphatic hydroxyl groups is 1. The number of halogens is 3. The van der Waals surface area contributed by atoms with Crippen LogP contribution in [0.4, 0.5) is 13.2 Å².